The number of nitrogens with zero attached hydrogens (tertiary/aromatic N) is 4. The lowest BCUT2D eigenvalue weighted by Crippen LogP contribution is -2.47. The summed E-state index contributed by atoms with van der Waals surface area (Å²) in [5.74, 6) is -4.84. The predicted octanol–water partition coefficient (Wildman–Crippen LogP) is 8.11. The highest BCUT2D eigenvalue weighted by molar-refractivity contribution is 5.98. The SMILES string of the molecule is COc1ccc2cccc(N3CCN(CCC4CC(=O)Nc5ccccc54)CC3)c2c1.COc1ccc2cccc(N3CCN(CCC4CC(=O)Nc5ccccc54)CC3)c2c1.O=C(O)/C=C/C(=O)O.O=C(O)/C=C/C(=O)O.O=C(O)/C=C/C(=O)O. The number of anilines is 4. The summed E-state index contributed by atoms with van der Waals surface area (Å²) in [6, 6.07) is 42.1. The Morgan fingerprint density at radius 3 is 1.08 bits per heavy atom. The third kappa shape index (κ3) is 20.4. The highest BCUT2D eigenvalue weighted by atomic mass is 16.5. The van der Waals surface area contributed by atoms with Gasteiger partial charge < -0.3 is 60.5 Å². The van der Waals surface area contributed by atoms with Gasteiger partial charge in [0.25, 0.3) is 0 Å². The van der Waals surface area contributed by atoms with Crippen molar-refractivity contribution in [3.63, 3.8) is 0 Å². The van der Waals surface area contributed by atoms with Crippen molar-refractivity contribution >= 4 is 91.9 Å². The number of hydrogen-bond acceptors (Lipinski definition) is 14. The molecule has 86 heavy (non-hydrogen) atoms. The van der Waals surface area contributed by atoms with Gasteiger partial charge in [0.05, 0.1) is 14.2 Å². The van der Waals surface area contributed by atoms with E-state index in [9.17, 15) is 38.4 Å². The molecule has 0 aliphatic carbocycles. The molecule has 452 valence electrons. The summed E-state index contributed by atoms with van der Waals surface area (Å²) in [6.07, 6.45) is 6.58. The lowest BCUT2D eigenvalue weighted by molar-refractivity contribution is -0.134. The summed E-state index contributed by atoms with van der Waals surface area (Å²) in [5.41, 5.74) is 7.11. The summed E-state index contributed by atoms with van der Waals surface area (Å²) in [4.78, 5) is 91.6. The minimum Gasteiger partial charge on any atom is -0.497 e. The highest BCUT2D eigenvalue weighted by Gasteiger charge is 2.28. The molecule has 6 aromatic carbocycles. The second-order valence-electron chi connectivity index (χ2n) is 20.1. The molecule has 4 heterocycles. The van der Waals surface area contributed by atoms with Crippen LogP contribution in [0, 0.1) is 0 Å². The number of carbonyl (C=O) groups excluding carboxylic acids is 2. The van der Waals surface area contributed by atoms with Crippen LogP contribution >= 0.6 is 0 Å². The van der Waals surface area contributed by atoms with Gasteiger partial charge in [0.15, 0.2) is 0 Å². The topological polar surface area (TPSA) is 313 Å². The molecule has 4 aliphatic rings. The maximum Gasteiger partial charge on any atom is 0.328 e. The number of piperazine rings is 2. The van der Waals surface area contributed by atoms with Crippen LogP contribution in [0.5, 0.6) is 11.5 Å². The summed E-state index contributed by atoms with van der Waals surface area (Å²) < 4.78 is 10.9. The van der Waals surface area contributed by atoms with Crippen LogP contribution in [0.15, 0.2) is 158 Å². The number of methoxy groups -OCH3 is 2. The van der Waals surface area contributed by atoms with E-state index in [0.29, 0.717) is 61.1 Å². The van der Waals surface area contributed by atoms with Crippen LogP contribution in [0.25, 0.3) is 21.5 Å². The zero-order valence-corrected chi connectivity index (χ0v) is 47.6. The minimum atomic E-state index is -1.26. The van der Waals surface area contributed by atoms with Crippen LogP contribution in [0.4, 0.5) is 22.7 Å². The molecule has 2 unspecified atom stereocenters. The Bertz CT molecular complexity index is 3150. The summed E-state index contributed by atoms with van der Waals surface area (Å²) >= 11 is 0. The smallest absolute Gasteiger partial charge is 0.328 e. The number of hydrogen-bond donors (Lipinski definition) is 8. The Hall–Kier alpha value is -10.1. The average Bonchev–Trinajstić information content (AvgIpc) is 1.29. The Kier molecular flexibility index (Phi) is 24.7. The Morgan fingerprint density at radius 1 is 0.442 bits per heavy atom. The monoisotopic (exact) mass is 1180 g/mol. The van der Waals surface area contributed by atoms with Crippen molar-refractivity contribution in [2.75, 3.05) is 100 Å². The number of ether oxygens (including phenoxy) is 2. The van der Waals surface area contributed by atoms with Gasteiger partial charge in [-0.25, -0.2) is 28.8 Å². The van der Waals surface area contributed by atoms with Gasteiger partial charge in [-0.2, -0.15) is 0 Å². The largest absolute Gasteiger partial charge is 0.497 e. The van der Waals surface area contributed by atoms with Gasteiger partial charge in [-0.15, -0.1) is 0 Å². The van der Waals surface area contributed by atoms with Crippen molar-refractivity contribution in [1.82, 2.24) is 9.80 Å². The van der Waals surface area contributed by atoms with Crippen LogP contribution in [-0.2, 0) is 38.4 Å². The molecule has 0 radical (unpaired) electrons. The third-order valence-corrected chi connectivity index (χ3v) is 14.5. The molecule has 0 spiro atoms. The molecule has 2 fully saturated rings. The number of aliphatic carboxylic acids is 6. The van der Waals surface area contributed by atoms with E-state index in [0.717, 1.165) is 101 Å². The molecule has 0 aromatic heterocycles. The first-order valence-electron chi connectivity index (χ1n) is 27.6. The van der Waals surface area contributed by atoms with E-state index in [1.807, 2.05) is 36.4 Å². The van der Waals surface area contributed by atoms with Gasteiger partial charge in [0, 0.05) is 135 Å². The number of amides is 2. The van der Waals surface area contributed by atoms with E-state index in [1.165, 1.54) is 44.0 Å². The number of carbonyl (C=O) groups is 8. The molecule has 0 bridgehead atoms. The van der Waals surface area contributed by atoms with E-state index in [4.69, 9.17) is 40.1 Å². The quantitative estimate of drug-likeness (QED) is 0.0424. The third-order valence-electron chi connectivity index (χ3n) is 14.5. The van der Waals surface area contributed by atoms with Crippen LogP contribution in [0.2, 0.25) is 0 Å². The fourth-order valence-corrected chi connectivity index (χ4v) is 10.3. The van der Waals surface area contributed by atoms with E-state index in [2.05, 4.69) is 115 Å². The van der Waals surface area contributed by atoms with Gasteiger partial charge in [0.2, 0.25) is 11.8 Å². The number of para-hydroxylation sites is 2. The molecule has 0 saturated carbocycles. The Morgan fingerprint density at radius 2 is 0.767 bits per heavy atom. The predicted molar refractivity (Wildman–Crippen MR) is 326 cm³/mol. The van der Waals surface area contributed by atoms with Gasteiger partial charge in [0.1, 0.15) is 11.5 Å². The molecular formula is C64H70N6O16. The Balaban J connectivity index is 0.000000200. The standard InChI is InChI=1S/2C26H29N3O2.3C4H4O4/c2*1-31-21-10-9-19-5-4-8-25(23(19)18-21)29-15-13-28(14-16-29)12-11-20-17-26(30)27-24-7-3-2-6-22(20)24;3*5-3(6)1-2-4(7)8/h2*2-10,18,20H,11-17H2,1H3,(H,27,30);3*1-2H,(H,5,6)(H,7,8)/b;;3*2-1+. The van der Waals surface area contributed by atoms with Crippen molar-refractivity contribution in [2.45, 2.75) is 37.5 Å². The Labute approximate surface area is 496 Å². The summed E-state index contributed by atoms with van der Waals surface area (Å²) in [7, 11) is 3.44. The average molecular weight is 1180 g/mol. The lowest BCUT2D eigenvalue weighted by Gasteiger charge is -2.37. The molecule has 8 N–H and O–H groups in total. The molecular weight excluding hydrogens is 1110 g/mol. The van der Waals surface area contributed by atoms with E-state index in [-0.39, 0.29) is 11.8 Å². The molecule has 2 atom stereocenters. The number of benzene rings is 6. The first-order valence-corrected chi connectivity index (χ1v) is 27.6. The van der Waals surface area contributed by atoms with Crippen molar-refractivity contribution in [2.24, 2.45) is 0 Å². The summed E-state index contributed by atoms with van der Waals surface area (Å²) in [6.45, 7) is 10.3. The fraction of sp³-hybridized carbons (Fsp3) is 0.281. The lowest BCUT2D eigenvalue weighted by atomic mass is 9.88. The van der Waals surface area contributed by atoms with E-state index < -0.39 is 35.8 Å². The van der Waals surface area contributed by atoms with Crippen LogP contribution in [-0.4, -0.2) is 168 Å². The van der Waals surface area contributed by atoms with Gasteiger partial charge in [-0.05, 0) is 108 Å². The number of carboxylic acids is 6. The fourth-order valence-electron chi connectivity index (χ4n) is 10.3. The van der Waals surface area contributed by atoms with E-state index in [1.54, 1.807) is 14.2 Å². The van der Waals surface area contributed by atoms with Gasteiger partial charge in [-0.1, -0.05) is 72.8 Å². The first-order chi connectivity index (χ1) is 41.3. The molecule has 2 amide bonds. The van der Waals surface area contributed by atoms with Gasteiger partial charge in [-0.3, -0.25) is 19.4 Å². The molecule has 4 aliphatic heterocycles. The number of nitrogens with one attached hydrogen (secondary N) is 2. The first kappa shape index (κ1) is 65.1. The number of fused-ring (bicyclic) bond motifs is 4. The van der Waals surface area contributed by atoms with Crippen LogP contribution < -0.4 is 29.9 Å². The maximum atomic E-state index is 12.1. The molecule has 6 aromatic rings. The second kappa shape index (κ2) is 32.7. The zero-order valence-electron chi connectivity index (χ0n) is 47.6. The highest BCUT2D eigenvalue weighted by Crippen LogP contribution is 2.37. The summed E-state index contributed by atoms with van der Waals surface area (Å²) in [5, 5.41) is 57.9. The molecule has 2 saturated heterocycles. The number of rotatable bonds is 16. The molecule has 22 heteroatoms. The molecule has 10 rings (SSSR count). The van der Waals surface area contributed by atoms with Crippen LogP contribution in [0.3, 0.4) is 0 Å². The van der Waals surface area contributed by atoms with Crippen molar-refractivity contribution in [3.05, 3.63) is 169 Å². The van der Waals surface area contributed by atoms with Crippen molar-refractivity contribution in [1.29, 1.82) is 0 Å². The minimum absolute atomic E-state index is 0.139. The van der Waals surface area contributed by atoms with Gasteiger partial charge >= 0.3 is 35.8 Å². The van der Waals surface area contributed by atoms with Crippen LogP contribution in [0.1, 0.15) is 48.6 Å². The molecule has 22 nitrogen and oxygen atoms in total. The normalized spacial score (nSPS) is 16.5. The van der Waals surface area contributed by atoms with Crippen molar-refractivity contribution < 1.29 is 78.5 Å². The zero-order chi connectivity index (χ0) is 62.1. The maximum absolute atomic E-state index is 12.1. The van der Waals surface area contributed by atoms with Crippen molar-refractivity contribution in [3.8, 4) is 11.5 Å². The second-order valence-corrected chi connectivity index (χ2v) is 20.1. The van der Waals surface area contributed by atoms with E-state index >= 15 is 0 Å². The number of carboxylic acid groups (broad SMARTS) is 6.